The zero-order chi connectivity index (χ0) is 12.1. The van der Waals surface area contributed by atoms with E-state index in [4.69, 9.17) is 10.8 Å². The molecule has 15 heavy (non-hydrogen) atoms. The summed E-state index contributed by atoms with van der Waals surface area (Å²) in [5.74, 6) is -1.09. The van der Waals surface area contributed by atoms with Gasteiger partial charge in [0.2, 0.25) is 5.91 Å². The summed E-state index contributed by atoms with van der Waals surface area (Å²) < 4.78 is 0. The fraction of sp³-hybridized carbons (Fsp3) is 0.800. The van der Waals surface area contributed by atoms with Crippen LogP contribution in [0.15, 0.2) is 0 Å². The Hall–Kier alpha value is -1.10. The fourth-order valence-electron chi connectivity index (χ4n) is 0.954. The van der Waals surface area contributed by atoms with Crippen molar-refractivity contribution in [2.24, 2.45) is 11.1 Å². The minimum absolute atomic E-state index is 0.0606. The minimum Gasteiger partial charge on any atom is -0.481 e. The minimum atomic E-state index is -0.857. The number of carbonyl (C=O) groups excluding carboxylic acids is 1. The molecule has 0 fully saturated rings. The highest BCUT2D eigenvalue weighted by Crippen LogP contribution is 2.16. The molecule has 0 spiro atoms. The number of hydrogen-bond donors (Lipinski definition) is 3. The first-order valence-corrected chi connectivity index (χ1v) is 5.00. The van der Waals surface area contributed by atoms with Gasteiger partial charge in [0.05, 0.1) is 6.04 Å². The molecule has 5 heteroatoms. The Kier molecular flexibility index (Phi) is 5.28. The van der Waals surface area contributed by atoms with E-state index >= 15 is 0 Å². The number of rotatable bonds is 5. The molecule has 0 bridgehead atoms. The lowest BCUT2D eigenvalue weighted by Gasteiger charge is -2.25. The molecular formula is C10H20N2O3. The molecule has 0 aliphatic heterocycles. The fourth-order valence-corrected chi connectivity index (χ4v) is 0.954. The van der Waals surface area contributed by atoms with E-state index in [1.807, 2.05) is 20.8 Å². The summed E-state index contributed by atoms with van der Waals surface area (Å²) in [5.41, 5.74) is 5.43. The Morgan fingerprint density at radius 2 is 1.93 bits per heavy atom. The van der Waals surface area contributed by atoms with Crippen molar-refractivity contribution in [3.8, 4) is 0 Å². The van der Waals surface area contributed by atoms with Crippen LogP contribution in [0, 0.1) is 5.41 Å². The van der Waals surface area contributed by atoms with Gasteiger partial charge >= 0.3 is 5.97 Å². The lowest BCUT2D eigenvalue weighted by Crippen LogP contribution is -2.48. The maximum Gasteiger partial charge on any atom is 0.303 e. The van der Waals surface area contributed by atoms with E-state index in [-0.39, 0.29) is 17.7 Å². The first kappa shape index (κ1) is 13.9. The van der Waals surface area contributed by atoms with E-state index in [1.54, 1.807) is 0 Å². The van der Waals surface area contributed by atoms with Crippen LogP contribution in [0.25, 0.3) is 0 Å². The van der Waals surface area contributed by atoms with Crippen molar-refractivity contribution in [3.05, 3.63) is 0 Å². The van der Waals surface area contributed by atoms with Crippen LogP contribution < -0.4 is 11.1 Å². The van der Waals surface area contributed by atoms with E-state index in [0.717, 1.165) is 0 Å². The van der Waals surface area contributed by atoms with Gasteiger partial charge in [-0.2, -0.15) is 0 Å². The molecule has 0 heterocycles. The normalized spacial score (nSPS) is 13.3. The van der Waals surface area contributed by atoms with Crippen molar-refractivity contribution in [2.45, 2.75) is 39.7 Å². The smallest absolute Gasteiger partial charge is 0.303 e. The van der Waals surface area contributed by atoms with Gasteiger partial charge in [-0.1, -0.05) is 20.8 Å². The topological polar surface area (TPSA) is 92.4 Å². The first-order valence-electron chi connectivity index (χ1n) is 5.00. The Bertz CT molecular complexity index is 233. The van der Waals surface area contributed by atoms with Crippen LogP contribution >= 0.6 is 0 Å². The maximum absolute atomic E-state index is 11.5. The zero-order valence-corrected chi connectivity index (χ0v) is 9.54. The van der Waals surface area contributed by atoms with E-state index in [9.17, 15) is 9.59 Å². The van der Waals surface area contributed by atoms with Gasteiger partial charge in [0, 0.05) is 13.0 Å². The summed E-state index contributed by atoms with van der Waals surface area (Å²) >= 11 is 0. The maximum atomic E-state index is 11.5. The lowest BCUT2D eigenvalue weighted by molar-refractivity contribution is -0.137. The molecule has 0 aromatic rings. The SMILES string of the molecule is CC(C)(C)[C@H](N)C(=O)NCCCC(=O)O. The lowest BCUT2D eigenvalue weighted by atomic mass is 9.87. The van der Waals surface area contributed by atoms with Crippen LogP contribution in [0.5, 0.6) is 0 Å². The Morgan fingerprint density at radius 1 is 1.40 bits per heavy atom. The molecule has 0 saturated heterocycles. The molecule has 88 valence electrons. The summed E-state index contributed by atoms with van der Waals surface area (Å²) in [5, 5.41) is 11.0. The number of carbonyl (C=O) groups is 2. The van der Waals surface area contributed by atoms with Crippen molar-refractivity contribution in [1.29, 1.82) is 0 Å². The third kappa shape index (κ3) is 6.06. The molecule has 0 aromatic carbocycles. The third-order valence-electron chi connectivity index (χ3n) is 2.08. The number of carboxylic acid groups (broad SMARTS) is 1. The quantitative estimate of drug-likeness (QED) is 0.578. The molecule has 0 aliphatic rings. The number of amides is 1. The number of nitrogens with one attached hydrogen (secondary N) is 1. The predicted octanol–water partition coefficient (Wildman–Crippen LogP) is 0.341. The Labute approximate surface area is 90.0 Å². The van der Waals surface area contributed by atoms with Gasteiger partial charge in [0.15, 0.2) is 0 Å². The van der Waals surface area contributed by atoms with Crippen LogP contribution in [-0.2, 0) is 9.59 Å². The van der Waals surface area contributed by atoms with Gasteiger partial charge in [-0.3, -0.25) is 9.59 Å². The Balaban J connectivity index is 3.80. The van der Waals surface area contributed by atoms with Gasteiger partial charge in [-0.15, -0.1) is 0 Å². The van der Waals surface area contributed by atoms with Gasteiger partial charge < -0.3 is 16.2 Å². The number of nitrogens with two attached hydrogens (primary N) is 1. The van der Waals surface area contributed by atoms with Gasteiger partial charge in [0.25, 0.3) is 0 Å². The first-order chi connectivity index (χ1) is 6.75. The monoisotopic (exact) mass is 216 g/mol. The Morgan fingerprint density at radius 3 is 2.33 bits per heavy atom. The molecule has 4 N–H and O–H groups in total. The molecule has 0 radical (unpaired) electrons. The zero-order valence-electron chi connectivity index (χ0n) is 9.54. The van der Waals surface area contributed by atoms with Crippen LogP contribution in [-0.4, -0.2) is 29.6 Å². The summed E-state index contributed by atoms with van der Waals surface area (Å²) in [6, 6.07) is -0.567. The second-order valence-corrected chi connectivity index (χ2v) is 4.63. The molecule has 5 nitrogen and oxygen atoms in total. The highest BCUT2D eigenvalue weighted by molar-refractivity contribution is 5.82. The molecular weight excluding hydrogens is 196 g/mol. The number of hydrogen-bond acceptors (Lipinski definition) is 3. The molecule has 0 rings (SSSR count). The van der Waals surface area contributed by atoms with Crippen molar-refractivity contribution in [1.82, 2.24) is 5.32 Å². The van der Waals surface area contributed by atoms with Crippen molar-refractivity contribution in [2.75, 3.05) is 6.54 Å². The van der Waals surface area contributed by atoms with Gasteiger partial charge in [-0.05, 0) is 11.8 Å². The second-order valence-electron chi connectivity index (χ2n) is 4.63. The van der Waals surface area contributed by atoms with Crippen molar-refractivity contribution < 1.29 is 14.7 Å². The predicted molar refractivity (Wildman–Crippen MR) is 57.3 cm³/mol. The average Bonchev–Trinajstić information content (AvgIpc) is 2.09. The van der Waals surface area contributed by atoms with E-state index < -0.39 is 12.0 Å². The molecule has 0 aromatic heterocycles. The van der Waals surface area contributed by atoms with E-state index in [1.165, 1.54) is 0 Å². The van der Waals surface area contributed by atoms with E-state index in [2.05, 4.69) is 5.32 Å². The largest absolute Gasteiger partial charge is 0.481 e. The van der Waals surface area contributed by atoms with Crippen molar-refractivity contribution in [3.63, 3.8) is 0 Å². The number of carboxylic acids is 1. The van der Waals surface area contributed by atoms with Crippen LogP contribution in [0.3, 0.4) is 0 Å². The summed E-state index contributed by atoms with van der Waals surface area (Å²) in [4.78, 5) is 21.7. The van der Waals surface area contributed by atoms with Crippen LogP contribution in [0.1, 0.15) is 33.6 Å². The second kappa shape index (κ2) is 5.70. The molecule has 1 amide bonds. The van der Waals surface area contributed by atoms with Crippen LogP contribution in [0.2, 0.25) is 0 Å². The molecule has 1 atom stereocenters. The van der Waals surface area contributed by atoms with E-state index in [0.29, 0.717) is 13.0 Å². The summed E-state index contributed by atoms with van der Waals surface area (Å²) in [6.07, 6.45) is 0.489. The van der Waals surface area contributed by atoms with Crippen LogP contribution in [0.4, 0.5) is 0 Å². The number of aliphatic carboxylic acids is 1. The highest BCUT2D eigenvalue weighted by atomic mass is 16.4. The third-order valence-corrected chi connectivity index (χ3v) is 2.08. The molecule has 0 saturated carbocycles. The van der Waals surface area contributed by atoms with Crippen molar-refractivity contribution >= 4 is 11.9 Å². The van der Waals surface area contributed by atoms with Gasteiger partial charge in [-0.25, -0.2) is 0 Å². The standard InChI is InChI=1S/C10H20N2O3/c1-10(2,3)8(11)9(15)12-6-4-5-7(13)14/h8H,4-6,11H2,1-3H3,(H,12,15)(H,13,14)/t8-/m1/s1. The summed E-state index contributed by atoms with van der Waals surface area (Å²) in [6.45, 7) is 6.01. The summed E-state index contributed by atoms with van der Waals surface area (Å²) in [7, 11) is 0. The highest BCUT2D eigenvalue weighted by Gasteiger charge is 2.26. The molecule has 0 unspecified atom stereocenters. The van der Waals surface area contributed by atoms with Gasteiger partial charge in [0.1, 0.15) is 0 Å². The molecule has 0 aliphatic carbocycles. The average molecular weight is 216 g/mol.